The maximum atomic E-state index is 12.7. The highest BCUT2D eigenvalue weighted by Gasteiger charge is 2.26. The van der Waals surface area contributed by atoms with Gasteiger partial charge in [0.15, 0.2) is 6.10 Å². The standard InChI is InChI=1S/C75H120NO8P/c1-3-5-7-9-11-13-15-17-19-21-23-25-27-28-29-30-31-32-33-34-35-36-37-38-39-40-41-42-43-44-46-48-50-52-54-56-58-60-62-64-66-68-75(78)84-73(72-83-85(79,80)82-70-69-76)71-81-74(77)67-65-63-61-59-57-55-53-51-49-47-45-26-24-22-20-18-16-14-12-10-8-6-4-2/h5-8,11-14,17-20,23-26,28-29,31-32,34-35,37-38,47,49,53,55,59,61,73H,3-4,9-10,15-16,21-22,27,30,33,36,39-46,48,50-52,54,56-58,60,62-72,76H2,1-2H3,(H,79,80)/b7-5-,8-6-,13-11-,14-12-,19-17-,20-18-,25-23-,26-24-,29-28-,32-31-,35-34-,38-37-,49-47-,55-53-,61-59-. The van der Waals surface area contributed by atoms with Crippen LogP contribution in [-0.2, 0) is 32.7 Å². The minimum Gasteiger partial charge on any atom is -0.462 e. The Morgan fingerprint density at radius 2 is 0.624 bits per heavy atom. The molecule has 10 heteroatoms. The highest BCUT2D eigenvalue weighted by Crippen LogP contribution is 2.43. The van der Waals surface area contributed by atoms with Crippen LogP contribution in [0.4, 0.5) is 0 Å². The van der Waals surface area contributed by atoms with E-state index in [4.69, 9.17) is 24.3 Å². The van der Waals surface area contributed by atoms with Crippen molar-refractivity contribution in [2.45, 2.75) is 251 Å². The zero-order valence-electron chi connectivity index (χ0n) is 53.5. The van der Waals surface area contributed by atoms with Gasteiger partial charge < -0.3 is 20.1 Å². The lowest BCUT2D eigenvalue weighted by Crippen LogP contribution is -2.29. The van der Waals surface area contributed by atoms with Gasteiger partial charge in [-0.05, 0) is 128 Å². The van der Waals surface area contributed by atoms with Gasteiger partial charge in [-0.2, -0.15) is 0 Å². The van der Waals surface area contributed by atoms with Crippen LogP contribution in [0, 0.1) is 0 Å². The monoisotopic (exact) mass is 1190 g/mol. The van der Waals surface area contributed by atoms with Crippen molar-refractivity contribution in [2.75, 3.05) is 26.4 Å². The third-order valence-electron chi connectivity index (χ3n) is 13.3. The number of hydrogen-bond donors (Lipinski definition) is 2. The molecule has 0 radical (unpaired) electrons. The Kier molecular flexibility index (Phi) is 64.3. The van der Waals surface area contributed by atoms with Gasteiger partial charge in [0.05, 0.1) is 13.2 Å². The quantitative estimate of drug-likeness (QED) is 0.0264. The fraction of sp³-hybridized carbons (Fsp3) is 0.573. The van der Waals surface area contributed by atoms with Crippen LogP contribution in [0.15, 0.2) is 182 Å². The highest BCUT2D eigenvalue weighted by molar-refractivity contribution is 7.47. The van der Waals surface area contributed by atoms with Crippen LogP contribution in [0.2, 0.25) is 0 Å². The molecule has 0 aliphatic rings. The summed E-state index contributed by atoms with van der Waals surface area (Å²) in [6, 6.07) is 0. The third kappa shape index (κ3) is 68.1. The van der Waals surface area contributed by atoms with Crippen LogP contribution < -0.4 is 5.73 Å². The summed E-state index contributed by atoms with van der Waals surface area (Å²) in [4.78, 5) is 35.3. The van der Waals surface area contributed by atoms with E-state index in [9.17, 15) is 19.0 Å². The van der Waals surface area contributed by atoms with Gasteiger partial charge >= 0.3 is 19.8 Å². The Morgan fingerprint density at radius 3 is 0.941 bits per heavy atom. The first-order chi connectivity index (χ1) is 41.8. The van der Waals surface area contributed by atoms with Crippen molar-refractivity contribution >= 4 is 19.8 Å². The van der Waals surface area contributed by atoms with E-state index in [1.54, 1.807) is 0 Å². The average molecular weight is 1190 g/mol. The second-order valence-corrected chi connectivity index (χ2v) is 22.7. The Hall–Kier alpha value is -4.89. The number of rotatable bonds is 60. The van der Waals surface area contributed by atoms with E-state index in [2.05, 4.69) is 196 Å². The predicted octanol–water partition coefficient (Wildman–Crippen LogP) is 22.0. The number of carbonyl (C=O) groups excluding carboxylic acids is 2. The minimum absolute atomic E-state index is 0.0373. The summed E-state index contributed by atoms with van der Waals surface area (Å²) in [5.41, 5.74) is 5.39. The lowest BCUT2D eigenvalue weighted by Gasteiger charge is -2.19. The Morgan fingerprint density at radius 1 is 0.353 bits per heavy atom. The molecule has 2 unspecified atom stereocenters. The lowest BCUT2D eigenvalue weighted by molar-refractivity contribution is -0.161. The van der Waals surface area contributed by atoms with Gasteiger partial charge in [0.25, 0.3) is 0 Å². The van der Waals surface area contributed by atoms with E-state index in [1.165, 1.54) is 83.5 Å². The van der Waals surface area contributed by atoms with Crippen molar-refractivity contribution in [1.82, 2.24) is 0 Å². The first kappa shape index (κ1) is 80.1. The third-order valence-corrected chi connectivity index (χ3v) is 14.3. The molecule has 0 heterocycles. The van der Waals surface area contributed by atoms with E-state index in [0.29, 0.717) is 12.8 Å². The maximum Gasteiger partial charge on any atom is 0.472 e. The number of allylic oxidation sites excluding steroid dienone is 30. The molecular weight excluding hydrogens is 1070 g/mol. The van der Waals surface area contributed by atoms with E-state index in [0.717, 1.165) is 122 Å². The van der Waals surface area contributed by atoms with Crippen LogP contribution in [-0.4, -0.2) is 49.3 Å². The number of unbranched alkanes of at least 4 members (excludes halogenated alkanes) is 17. The molecule has 0 aliphatic heterocycles. The van der Waals surface area contributed by atoms with Crippen molar-refractivity contribution in [3.63, 3.8) is 0 Å². The van der Waals surface area contributed by atoms with Gasteiger partial charge in [-0.15, -0.1) is 0 Å². The van der Waals surface area contributed by atoms with Crippen LogP contribution in [0.25, 0.3) is 0 Å². The smallest absolute Gasteiger partial charge is 0.462 e. The summed E-state index contributed by atoms with van der Waals surface area (Å²) < 4.78 is 33.0. The predicted molar refractivity (Wildman–Crippen MR) is 366 cm³/mol. The van der Waals surface area contributed by atoms with Gasteiger partial charge in [-0.25, -0.2) is 4.57 Å². The second kappa shape index (κ2) is 68.2. The van der Waals surface area contributed by atoms with Gasteiger partial charge in [-0.1, -0.05) is 286 Å². The van der Waals surface area contributed by atoms with Crippen LogP contribution in [0.1, 0.15) is 245 Å². The van der Waals surface area contributed by atoms with E-state index in [-0.39, 0.29) is 32.6 Å². The van der Waals surface area contributed by atoms with Gasteiger partial charge in [0.2, 0.25) is 0 Å². The molecule has 0 spiro atoms. The number of esters is 2. The Balaban J connectivity index is 3.97. The zero-order valence-corrected chi connectivity index (χ0v) is 54.4. The summed E-state index contributed by atoms with van der Waals surface area (Å²) in [5.74, 6) is -0.906. The molecule has 0 aromatic carbocycles. The minimum atomic E-state index is -4.42. The molecule has 0 aromatic heterocycles. The molecule has 2 atom stereocenters. The number of phosphoric ester groups is 1. The van der Waals surface area contributed by atoms with Gasteiger partial charge in [0.1, 0.15) is 6.61 Å². The molecule has 478 valence electrons. The molecule has 0 fully saturated rings. The number of ether oxygens (including phenoxy) is 2. The molecule has 85 heavy (non-hydrogen) atoms. The molecule has 0 bridgehead atoms. The number of phosphoric acid groups is 1. The van der Waals surface area contributed by atoms with Crippen molar-refractivity contribution in [1.29, 1.82) is 0 Å². The SMILES string of the molecule is CC/C=C\C/C=C\C/C=C\C/C=C\C/C=C\C/C=C\C/C=C\C/C=C\CCCCCCCCCCCCCCCCCCC(=O)OC(COC(=O)CCC/C=C\C/C=C\C/C=C\C/C=C\C/C=C\C/C=C\C/C=C\CC)COP(=O)(O)OCCN. The summed E-state index contributed by atoms with van der Waals surface area (Å²) in [6.07, 6.45) is 103. The summed E-state index contributed by atoms with van der Waals surface area (Å²) >= 11 is 0. The number of hydrogen-bond acceptors (Lipinski definition) is 8. The topological polar surface area (TPSA) is 134 Å². The van der Waals surface area contributed by atoms with E-state index in [1.807, 2.05) is 0 Å². The summed E-state index contributed by atoms with van der Waals surface area (Å²) in [6.45, 7) is 3.44. The lowest BCUT2D eigenvalue weighted by atomic mass is 10.0. The molecular formula is C75H120NO8P. The molecule has 3 N–H and O–H groups in total. The van der Waals surface area contributed by atoms with Gasteiger partial charge in [0, 0.05) is 19.4 Å². The average Bonchev–Trinajstić information content (AvgIpc) is 3.52. The molecule has 0 saturated carbocycles. The molecule has 0 amide bonds. The first-order valence-corrected chi connectivity index (χ1v) is 34.8. The summed E-state index contributed by atoms with van der Waals surface area (Å²) in [7, 11) is -4.42. The normalized spacial score (nSPS) is 14.2. The molecule has 9 nitrogen and oxygen atoms in total. The fourth-order valence-electron chi connectivity index (χ4n) is 8.46. The molecule has 0 aromatic rings. The second-order valence-electron chi connectivity index (χ2n) is 21.2. The van der Waals surface area contributed by atoms with Crippen molar-refractivity contribution in [2.24, 2.45) is 5.73 Å². The van der Waals surface area contributed by atoms with Gasteiger partial charge in [-0.3, -0.25) is 18.6 Å². The number of nitrogens with two attached hydrogens (primary N) is 1. The fourth-order valence-corrected chi connectivity index (χ4v) is 9.23. The Bertz CT molecular complexity index is 2040. The summed E-state index contributed by atoms with van der Waals surface area (Å²) in [5, 5.41) is 0. The molecule has 0 rings (SSSR count). The van der Waals surface area contributed by atoms with E-state index >= 15 is 0 Å². The molecule has 0 aliphatic carbocycles. The largest absolute Gasteiger partial charge is 0.472 e. The zero-order chi connectivity index (χ0) is 61.6. The van der Waals surface area contributed by atoms with Crippen molar-refractivity contribution < 1.29 is 37.6 Å². The van der Waals surface area contributed by atoms with E-state index < -0.39 is 32.5 Å². The van der Waals surface area contributed by atoms with Crippen LogP contribution in [0.5, 0.6) is 0 Å². The highest BCUT2D eigenvalue weighted by atomic mass is 31.2. The maximum absolute atomic E-state index is 12.7. The van der Waals surface area contributed by atoms with Crippen molar-refractivity contribution in [3.05, 3.63) is 182 Å². The first-order valence-electron chi connectivity index (χ1n) is 33.3. The van der Waals surface area contributed by atoms with Crippen molar-refractivity contribution in [3.8, 4) is 0 Å². The molecule has 0 saturated heterocycles. The number of carbonyl (C=O) groups is 2. The Labute approximate surface area is 520 Å². The van der Waals surface area contributed by atoms with Crippen LogP contribution >= 0.6 is 7.82 Å². The van der Waals surface area contributed by atoms with Crippen LogP contribution in [0.3, 0.4) is 0 Å².